The normalized spacial score (nSPS) is 9.48. The molecule has 0 radical (unpaired) electrons. The van der Waals surface area contributed by atoms with Crippen LogP contribution in [0, 0.1) is 29.6 Å². The molecular weight excluding hydrogens is 264 g/mol. The fourth-order valence-electron chi connectivity index (χ4n) is 1.89. The number of carbonyl (C=O) groups excluding carboxylic acids is 1. The summed E-state index contributed by atoms with van der Waals surface area (Å²) >= 11 is 0. The second-order valence-corrected chi connectivity index (χ2v) is 4.54. The maximum atomic E-state index is 10.6. The third-order valence-electron chi connectivity index (χ3n) is 2.96. The fraction of sp³-hybridized carbons (Fsp3) is 0.118. The van der Waals surface area contributed by atoms with E-state index in [1.807, 2.05) is 31.2 Å². The smallest absolute Gasteiger partial charge is 0.130 e. The number of rotatable bonds is 4. The van der Waals surface area contributed by atoms with E-state index >= 15 is 0 Å². The van der Waals surface area contributed by atoms with E-state index in [0.717, 1.165) is 17.4 Å². The number of nitrogens with zero attached hydrogens (tertiary/aromatic N) is 2. The van der Waals surface area contributed by atoms with Crippen LogP contribution in [0.25, 0.3) is 0 Å². The minimum Gasteiger partial charge on any atom is -0.457 e. The maximum absolute atomic E-state index is 10.6. The number of ether oxygens (including phenoxy) is 1. The minimum absolute atomic E-state index is 0.318. The summed E-state index contributed by atoms with van der Waals surface area (Å²) in [5, 5.41) is 17.9. The second kappa shape index (κ2) is 6.36. The summed E-state index contributed by atoms with van der Waals surface area (Å²) in [6.45, 7) is 1.89. The first-order valence-corrected chi connectivity index (χ1v) is 6.32. The van der Waals surface area contributed by atoms with E-state index in [1.165, 1.54) is 6.07 Å². The van der Waals surface area contributed by atoms with Crippen LogP contribution in [0.5, 0.6) is 11.5 Å². The number of aryl methyl sites for hydroxylation is 1. The van der Waals surface area contributed by atoms with E-state index in [9.17, 15) is 4.79 Å². The molecule has 0 spiro atoms. The van der Waals surface area contributed by atoms with Gasteiger partial charge in [0.1, 0.15) is 17.8 Å². The Morgan fingerprint density at radius 2 is 1.76 bits per heavy atom. The lowest BCUT2D eigenvalue weighted by molar-refractivity contribution is -0.107. The standard InChI is InChI=1S/C17H12N2O2/c1-12-2-3-13(4-5-20)9-17(12)21-16-7-14(10-18)6-15(8-16)11-19/h2-3,5-9H,4H2,1H3. The molecule has 0 fully saturated rings. The van der Waals surface area contributed by atoms with E-state index in [1.54, 1.807) is 18.2 Å². The molecule has 0 heterocycles. The third-order valence-corrected chi connectivity index (χ3v) is 2.96. The van der Waals surface area contributed by atoms with Crippen molar-refractivity contribution in [2.45, 2.75) is 13.3 Å². The Bertz CT molecular complexity index is 735. The molecule has 102 valence electrons. The van der Waals surface area contributed by atoms with Gasteiger partial charge >= 0.3 is 0 Å². The summed E-state index contributed by atoms with van der Waals surface area (Å²) in [6, 6.07) is 14.2. The van der Waals surface area contributed by atoms with E-state index in [2.05, 4.69) is 0 Å². The van der Waals surface area contributed by atoms with Gasteiger partial charge in [-0.15, -0.1) is 0 Å². The predicted octanol–water partition coefficient (Wildman–Crippen LogP) is 3.27. The van der Waals surface area contributed by atoms with Crippen molar-refractivity contribution in [3.8, 4) is 23.6 Å². The molecule has 4 heteroatoms. The number of nitriles is 2. The van der Waals surface area contributed by atoms with Crippen molar-refractivity contribution in [1.29, 1.82) is 10.5 Å². The third kappa shape index (κ3) is 3.46. The van der Waals surface area contributed by atoms with Gasteiger partial charge in [0, 0.05) is 6.42 Å². The van der Waals surface area contributed by atoms with Crippen molar-refractivity contribution < 1.29 is 9.53 Å². The van der Waals surface area contributed by atoms with Gasteiger partial charge < -0.3 is 9.53 Å². The minimum atomic E-state index is 0.318. The molecule has 0 amide bonds. The highest BCUT2D eigenvalue weighted by atomic mass is 16.5. The highest BCUT2D eigenvalue weighted by Crippen LogP contribution is 2.27. The highest BCUT2D eigenvalue weighted by molar-refractivity contribution is 5.56. The predicted molar refractivity (Wildman–Crippen MR) is 76.9 cm³/mol. The van der Waals surface area contributed by atoms with Crippen molar-refractivity contribution in [2.75, 3.05) is 0 Å². The van der Waals surface area contributed by atoms with E-state index < -0.39 is 0 Å². The maximum Gasteiger partial charge on any atom is 0.130 e. The van der Waals surface area contributed by atoms with Gasteiger partial charge in [-0.1, -0.05) is 12.1 Å². The van der Waals surface area contributed by atoms with Crippen LogP contribution in [0.15, 0.2) is 36.4 Å². The Kier molecular flexibility index (Phi) is 4.33. The summed E-state index contributed by atoms with van der Waals surface area (Å²) in [4.78, 5) is 10.6. The second-order valence-electron chi connectivity index (χ2n) is 4.54. The van der Waals surface area contributed by atoms with Gasteiger partial charge in [-0.25, -0.2) is 0 Å². The SMILES string of the molecule is Cc1ccc(CC=O)cc1Oc1cc(C#N)cc(C#N)c1. The van der Waals surface area contributed by atoms with Crippen LogP contribution in [-0.4, -0.2) is 6.29 Å². The number of carbonyl (C=O) groups is 1. The van der Waals surface area contributed by atoms with Crippen molar-refractivity contribution in [2.24, 2.45) is 0 Å². The molecule has 0 aliphatic rings. The van der Waals surface area contributed by atoms with Crippen LogP contribution < -0.4 is 4.74 Å². The molecule has 0 atom stereocenters. The first-order valence-electron chi connectivity index (χ1n) is 6.32. The molecule has 0 bridgehead atoms. The molecule has 0 unspecified atom stereocenters. The Hall–Kier alpha value is -3.11. The molecule has 0 saturated heterocycles. The summed E-state index contributed by atoms with van der Waals surface area (Å²) in [5.41, 5.74) is 2.49. The van der Waals surface area contributed by atoms with Gasteiger partial charge in [0.15, 0.2) is 0 Å². The van der Waals surface area contributed by atoms with Gasteiger partial charge in [-0.2, -0.15) is 10.5 Å². The molecule has 2 aromatic rings. The summed E-state index contributed by atoms with van der Waals surface area (Å²) < 4.78 is 5.76. The molecular formula is C17H12N2O2. The average Bonchev–Trinajstić information content (AvgIpc) is 2.50. The van der Waals surface area contributed by atoms with Crippen molar-refractivity contribution in [3.63, 3.8) is 0 Å². The fourth-order valence-corrected chi connectivity index (χ4v) is 1.89. The van der Waals surface area contributed by atoms with Crippen molar-refractivity contribution >= 4 is 6.29 Å². The van der Waals surface area contributed by atoms with Crippen LogP contribution >= 0.6 is 0 Å². The molecule has 21 heavy (non-hydrogen) atoms. The van der Waals surface area contributed by atoms with Gasteiger partial charge in [0.2, 0.25) is 0 Å². The molecule has 0 saturated carbocycles. The van der Waals surface area contributed by atoms with Crippen molar-refractivity contribution in [3.05, 3.63) is 58.7 Å². The van der Waals surface area contributed by atoms with Crippen LogP contribution in [0.2, 0.25) is 0 Å². The summed E-state index contributed by atoms with van der Waals surface area (Å²) in [7, 11) is 0. The molecule has 2 aromatic carbocycles. The van der Waals surface area contributed by atoms with Crippen LogP contribution in [-0.2, 0) is 11.2 Å². The Labute approximate surface area is 122 Å². The van der Waals surface area contributed by atoms with Gasteiger partial charge in [0.25, 0.3) is 0 Å². The number of benzene rings is 2. The Balaban J connectivity index is 2.38. The lowest BCUT2D eigenvalue weighted by Crippen LogP contribution is -1.93. The largest absolute Gasteiger partial charge is 0.457 e. The lowest BCUT2D eigenvalue weighted by Gasteiger charge is -2.10. The monoisotopic (exact) mass is 276 g/mol. The van der Waals surface area contributed by atoms with Gasteiger partial charge in [0.05, 0.1) is 23.3 Å². The van der Waals surface area contributed by atoms with E-state index in [-0.39, 0.29) is 0 Å². The van der Waals surface area contributed by atoms with E-state index in [4.69, 9.17) is 15.3 Å². The quantitative estimate of drug-likeness (QED) is 0.803. The number of hydrogen-bond acceptors (Lipinski definition) is 4. The lowest BCUT2D eigenvalue weighted by atomic mass is 10.1. The zero-order chi connectivity index (χ0) is 15.2. The van der Waals surface area contributed by atoms with Gasteiger partial charge in [-0.05, 0) is 42.3 Å². The number of aldehydes is 1. The topological polar surface area (TPSA) is 73.9 Å². The average molecular weight is 276 g/mol. The number of hydrogen-bond donors (Lipinski definition) is 0. The van der Waals surface area contributed by atoms with Gasteiger partial charge in [-0.3, -0.25) is 0 Å². The Morgan fingerprint density at radius 3 is 2.33 bits per heavy atom. The molecule has 0 aromatic heterocycles. The summed E-state index contributed by atoms with van der Waals surface area (Å²) in [6.07, 6.45) is 1.15. The van der Waals surface area contributed by atoms with Crippen molar-refractivity contribution in [1.82, 2.24) is 0 Å². The Morgan fingerprint density at radius 1 is 1.10 bits per heavy atom. The van der Waals surface area contributed by atoms with Crippen LogP contribution in [0.4, 0.5) is 0 Å². The zero-order valence-corrected chi connectivity index (χ0v) is 11.5. The highest BCUT2D eigenvalue weighted by Gasteiger charge is 2.06. The molecule has 0 N–H and O–H groups in total. The molecule has 0 aliphatic carbocycles. The molecule has 2 rings (SSSR count). The summed E-state index contributed by atoms with van der Waals surface area (Å²) in [5.74, 6) is 1.03. The van der Waals surface area contributed by atoms with E-state index in [0.29, 0.717) is 29.0 Å². The first-order chi connectivity index (χ1) is 10.2. The zero-order valence-electron chi connectivity index (χ0n) is 11.5. The van der Waals surface area contributed by atoms with Crippen LogP contribution in [0.3, 0.4) is 0 Å². The molecule has 0 aliphatic heterocycles. The first kappa shape index (κ1) is 14.3. The molecule has 4 nitrogen and oxygen atoms in total. The van der Waals surface area contributed by atoms with Crippen LogP contribution in [0.1, 0.15) is 22.3 Å².